The van der Waals surface area contributed by atoms with Gasteiger partial charge in [-0.15, -0.1) is 0 Å². The van der Waals surface area contributed by atoms with Crippen molar-refractivity contribution in [3.05, 3.63) is 0 Å². The normalized spacial score (nSPS) is 34.4. The molecule has 3 rings (SSSR count). The van der Waals surface area contributed by atoms with Crippen LogP contribution in [-0.4, -0.2) is 24.8 Å². The summed E-state index contributed by atoms with van der Waals surface area (Å²) in [5, 5.41) is 13.2. The van der Waals surface area contributed by atoms with Crippen molar-refractivity contribution in [3.63, 3.8) is 0 Å². The Labute approximate surface area is 116 Å². The first-order valence-electron chi connectivity index (χ1n) is 8.09. The van der Waals surface area contributed by atoms with Crippen molar-refractivity contribution in [3.8, 4) is 6.07 Å². The van der Waals surface area contributed by atoms with Crippen LogP contribution in [-0.2, 0) is 4.74 Å². The highest BCUT2D eigenvalue weighted by molar-refractivity contribution is 5.16. The molecule has 1 N–H and O–H groups in total. The molecule has 0 aliphatic heterocycles. The number of nitriles is 1. The molecular formula is C16H26N2O. The third-order valence-corrected chi connectivity index (χ3v) is 5.04. The van der Waals surface area contributed by atoms with Crippen molar-refractivity contribution >= 4 is 0 Å². The Balaban J connectivity index is 1.40. The van der Waals surface area contributed by atoms with Crippen molar-refractivity contribution in [2.75, 3.05) is 13.2 Å². The van der Waals surface area contributed by atoms with E-state index in [0.717, 1.165) is 32.0 Å². The molecule has 0 aromatic heterocycles. The number of nitrogens with zero attached hydrogens (tertiary/aromatic N) is 1. The standard InChI is InChI=1S/C16H26N2O/c17-12-16(18-15-5-6-15)9-1-2-14(16)8-11-19-10-7-13-3-4-13/h13-15,18H,1-11H2. The number of hydrogen-bond donors (Lipinski definition) is 1. The zero-order valence-corrected chi connectivity index (χ0v) is 11.9. The molecule has 0 spiro atoms. The third kappa shape index (κ3) is 3.49. The van der Waals surface area contributed by atoms with Gasteiger partial charge in [0.1, 0.15) is 5.54 Å². The van der Waals surface area contributed by atoms with E-state index in [1.807, 2.05) is 0 Å². The molecule has 3 aliphatic rings. The SMILES string of the molecule is N#CC1(NC2CC2)CCCC1CCOCCC1CC1. The van der Waals surface area contributed by atoms with E-state index in [-0.39, 0.29) is 5.54 Å². The maximum atomic E-state index is 9.59. The van der Waals surface area contributed by atoms with Gasteiger partial charge in [-0.1, -0.05) is 19.3 Å². The van der Waals surface area contributed by atoms with Crippen LogP contribution in [0.3, 0.4) is 0 Å². The van der Waals surface area contributed by atoms with Crippen LogP contribution < -0.4 is 5.32 Å². The number of rotatable bonds is 8. The van der Waals surface area contributed by atoms with Crippen LogP contribution in [0.2, 0.25) is 0 Å². The zero-order valence-electron chi connectivity index (χ0n) is 11.9. The Morgan fingerprint density at radius 3 is 2.58 bits per heavy atom. The highest BCUT2D eigenvalue weighted by Crippen LogP contribution is 2.40. The lowest BCUT2D eigenvalue weighted by molar-refractivity contribution is 0.106. The van der Waals surface area contributed by atoms with Crippen LogP contribution in [0.1, 0.15) is 57.8 Å². The van der Waals surface area contributed by atoms with E-state index in [1.54, 1.807) is 0 Å². The van der Waals surface area contributed by atoms with Gasteiger partial charge in [0.25, 0.3) is 0 Å². The molecule has 2 atom stereocenters. The van der Waals surface area contributed by atoms with Gasteiger partial charge in [-0.2, -0.15) is 5.26 Å². The van der Waals surface area contributed by atoms with Gasteiger partial charge in [-0.3, -0.25) is 5.32 Å². The van der Waals surface area contributed by atoms with Crippen molar-refractivity contribution < 1.29 is 4.74 Å². The highest BCUT2D eigenvalue weighted by Gasteiger charge is 2.45. The van der Waals surface area contributed by atoms with Crippen LogP contribution in [0.25, 0.3) is 0 Å². The molecular weight excluding hydrogens is 236 g/mol. The maximum Gasteiger partial charge on any atom is 0.109 e. The summed E-state index contributed by atoms with van der Waals surface area (Å²) in [7, 11) is 0. The minimum Gasteiger partial charge on any atom is -0.381 e. The van der Waals surface area contributed by atoms with Crippen molar-refractivity contribution in [2.24, 2.45) is 11.8 Å². The van der Waals surface area contributed by atoms with Crippen LogP contribution in [0.5, 0.6) is 0 Å². The van der Waals surface area contributed by atoms with E-state index in [4.69, 9.17) is 4.74 Å². The lowest BCUT2D eigenvalue weighted by Crippen LogP contribution is -2.48. The van der Waals surface area contributed by atoms with Gasteiger partial charge in [0.2, 0.25) is 0 Å². The second-order valence-electron chi connectivity index (χ2n) is 6.72. The average molecular weight is 262 g/mol. The fraction of sp³-hybridized carbons (Fsp3) is 0.938. The van der Waals surface area contributed by atoms with Gasteiger partial charge in [-0.05, 0) is 50.4 Å². The Kier molecular flexibility index (Phi) is 4.10. The molecule has 3 fully saturated rings. The Hall–Kier alpha value is -0.590. The summed E-state index contributed by atoms with van der Waals surface area (Å²) in [6.07, 6.45) is 11.1. The van der Waals surface area contributed by atoms with Crippen LogP contribution >= 0.6 is 0 Å². The lowest BCUT2D eigenvalue weighted by Gasteiger charge is -2.30. The van der Waals surface area contributed by atoms with Gasteiger partial charge in [-0.25, -0.2) is 0 Å². The summed E-state index contributed by atoms with van der Waals surface area (Å²) in [6, 6.07) is 3.22. The molecule has 0 heterocycles. The summed E-state index contributed by atoms with van der Waals surface area (Å²) in [6.45, 7) is 1.76. The van der Waals surface area contributed by atoms with E-state index in [0.29, 0.717) is 12.0 Å². The smallest absolute Gasteiger partial charge is 0.109 e. The molecule has 0 amide bonds. The molecule has 0 bridgehead atoms. The summed E-state index contributed by atoms with van der Waals surface area (Å²) >= 11 is 0. The van der Waals surface area contributed by atoms with E-state index in [1.165, 1.54) is 44.9 Å². The molecule has 106 valence electrons. The summed E-state index contributed by atoms with van der Waals surface area (Å²) < 4.78 is 5.77. The van der Waals surface area contributed by atoms with Crippen LogP contribution in [0.4, 0.5) is 0 Å². The second-order valence-corrected chi connectivity index (χ2v) is 6.72. The van der Waals surface area contributed by atoms with Gasteiger partial charge in [0.15, 0.2) is 0 Å². The van der Waals surface area contributed by atoms with E-state index in [9.17, 15) is 5.26 Å². The zero-order chi connectivity index (χ0) is 13.1. The van der Waals surface area contributed by atoms with Crippen molar-refractivity contribution in [2.45, 2.75) is 69.4 Å². The highest BCUT2D eigenvalue weighted by atomic mass is 16.5. The van der Waals surface area contributed by atoms with Crippen molar-refractivity contribution in [1.82, 2.24) is 5.32 Å². The summed E-state index contributed by atoms with van der Waals surface area (Å²) in [5.41, 5.74) is -0.235. The van der Waals surface area contributed by atoms with Crippen LogP contribution in [0, 0.1) is 23.2 Å². The van der Waals surface area contributed by atoms with Crippen LogP contribution in [0.15, 0.2) is 0 Å². The predicted octanol–water partition coefficient (Wildman–Crippen LogP) is 3.01. The van der Waals surface area contributed by atoms with Gasteiger partial charge in [0.05, 0.1) is 6.07 Å². The van der Waals surface area contributed by atoms with E-state index in [2.05, 4.69) is 11.4 Å². The monoisotopic (exact) mass is 262 g/mol. The predicted molar refractivity (Wildman–Crippen MR) is 74.6 cm³/mol. The second kappa shape index (κ2) is 5.81. The van der Waals surface area contributed by atoms with E-state index < -0.39 is 0 Å². The van der Waals surface area contributed by atoms with Gasteiger partial charge < -0.3 is 4.74 Å². The fourth-order valence-corrected chi connectivity index (χ4v) is 3.41. The number of nitrogens with one attached hydrogen (secondary N) is 1. The Morgan fingerprint density at radius 1 is 1.11 bits per heavy atom. The molecule has 3 nitrogen and oxygen atoms in total. The number of hydrogen-bond acceptors (Lipinski definition) is 3. The average Bonchev–Trinajstić information content (AvgIpc) is 3.31. The molecule has 0 aromatic rings. The van der Waals surface area contributed by atoms with Crippen molar-refractivity contribution in [1.29, 1.82) is 5.26 Å². The quantitative estimate of drug-likeness (QED) is 0.684. The summed E-state index contributed by atoms with van der Waals surface area (Å²) in [5.74, 6) is 1.46. The first kappa shape index (κ1) is 13.4. The first-order valence-corrected chi connectivity index (χ1v) is 8.09. The first-order chi connectivity index (χ1) is 9.32. The topological polar surface area (TPSA) is 45.0 Å². The molecule has 0 aromatic carbocycles. The molecule has 3 aliphatic carbocycles. The Morgan fingerprint density at radius 2 is 1.89 bits per heavy atom. The third-order valence-electron chi connectivity index (χ3n) is 5.04. The largest absolute Gasteiger partial charge is 0.381 e. The lowest BCUT2D eigenvalue weighted by atomic mass is 9.86. The Bertz CT molecular complexity index is 343. The van der Waals surface area contributed by atoms with E-state index >= 15 is 0 Å². The molecule has 2 unspecified atom stereocenters. The molecule has 0 saturated heterocycles. The molecule has 3 saturated carbocycles. The molecule has 3 heteroatoms. The minimum absolute atomic E-state index is 0.235. The summed E-state index contributed by atoms with van der Waals surface area (Å²) in [4.78, 5) is 0. The number of ether oxygens (including phenoxy) is 1. The molecule has 0 radical (unpaired) electrons. The van der Waals surface area contributed by atoms with Gasteiger partial charge >= 0.3 is 0 Å². The fourth-order valence-electron chi connectivity index (χ4n) is 3.41. The minimum atomic E-state index is -0.235. The van der Waals surface area contributed by atoms with Gasteiger partial charge in [0, 0.05) is 19.3 Å². The molecule has 19 heavy (non-hydrogen) atoms. The maximum absolute atomic E-state index is 9.59.